The first-order valence-corrected chi connectivity index (χ1v) is 7.94. The van der Waals surface area contributed by atoms with Gasteiger partial charge in [0.1, 0.15) is 0 Å². The number of nitrogens with zero attached hydrogens (tertiary/aromatic N) is 1. The molecule has 2 amide bonds. The van der Waals surface area contributed by atoms with Crippen molar-refractivity contribution in [3.8, 4) is 0 Å². The van der Waals surface area contributed by atoms with Crippen LogP contribution in [0.1, 0.15) is 26.3 Å². The molecule has 0 aliphatic carbocycles. The van der Waals surface area contributed by atoms with Crippen LogP contribution in [0.4, 0.5) is 4.79 Å². The van der Waals surface area contributed by atoms with Crippen LogP contribution in [0.3, 0.4) is 0 Å². The summed E-state index contributed by atoms with van der Waals surface area (Å²) in [6.45, 7) is 7.38. The third kappa shape index (κ3) is 6.45. The normalized spacial score (nSPS) is 13.7. The topological polar surface area (TPSA) is 78.6 Å². The number of hydrogen-bond donors (Lipinski definition) is 3. The summed E-state index contributed by atoms with van der Waals surface area (Å²) in [6, 6.07) is 9.28. The molecule has 5 heteroatoms. The van der Waals surface area contributed by atoms with Crippen LogP contribution < -0.4 is 11.1 Å². The van der Waals surface area contributed by atoms with Crippen molar-refractivity contribution in [3.05, 3.63) is 35.9 Å². The van der Waals surface area contributed by atoms with Gasteiger partial charge < -0.3 is 21.1 Å². The lowest BCUT2D eigenvalue weighted by Crippen LogP contribution is -2.50. The molecule has 4 N–H and O–H groups in total. The molecule has 0 aromatic heterocycles. The second-order valence-corrected chi connectivity index (χ2v) is 6.06. The molecule has 124 valence electrons. The molecule has 0 aliphatic heterocycles. The second-order valence-electron chi connectivity index (χ2n) is 6.06. The van der Waals surface area contributed by atoms with Crippen LogP contribution in [-0.4, -0.2) is 47.8 Å². The van der Waals surface area contributed by atoms with E-state index in [9.17, 15) is 9.90 Å². The van der Waals surface area contributed by atoms with Crippen LogP contribution in [0.5, 0.6) is 0 Å². The van der Waals surface area contributed by atoms with Crippen LogP contribution in [-0.2, 0) is 6.42 Å². The fraction of sp³-hybridized carbons (Fsp3) is 0.588. The SMILES string of the molecule is CCNC(=O)N(CC(C)C)C[C@@H](O)[C@@H](N)Cc1ccccc1. The maximum Gasteiger partial charge on any atom is 0.317 e. The predicted octanol–water partition coefficient (Wildman–Crippen LogP) is 1.60. The molecular weight excluding hydrogens is 278 g/mol. The van der Waals surface area contributed by atoms with Gasteiger partial charge in [-0.05, 0) is 24.8 Å². The molecule has 22 heavy (non-hydrogen) atoms. The zero-order chi connectivity index (χ0) is 16.5. The van der Waals surface area contributed by atoms with Crippen molar-refractivity contribution < 1.29 is 9.90 Å². The van der Waals surface area contributed by atoms with E-state index < -0.39 is 12.1 Å². The zero-order valence-electron chi connectivity index (χ0n) is 13.8. The number of nitrogens with two attached hydrogens (primary N) is 1. The predicted molar refractivity (Wildman–Crippen MR) is 89.6 cm³/mol. The molecule has 2 atom stereocenters. The van der Waals surface area contributed by atoms with E-state index in [0.29, 0.717) is 25.4 Å². The number of hydrogen-bond acceptors (Lipinski definition) is 3. The van der Waals surface area contributed by atoms with Crippen molar-refractivity contribution in [2.45, 2.75) is 39.3 Å². The van der Waals surface area contributed by atoms with Crippen molar-refractivity contribution in [3.63, 3.8) is 0 Å². The molecule has 5 nitrogen and oxygen atoms in total. The maximum atomic E-state index is 12.1. The van der Waals surface area contributed by atoms with Gasteiger partial charge in [0.15, 0.2) is 0 Å². The highest BCUT2D eigenvalue weighted by molar-refractivity contribution is 5.74. The molecule has 1 rings (SSSR count). The van der Waals surface area contributed by atoms with E-state index in [4.69, 9.17) is 5.73 Å². The largest absolute Gasteiger partial charge is 0.390 e. The van der Waals surface area contributed by atoms with Gasteiger partial charge in [-0.3, -0.25) is 0 Å². The molecule has 0 saturated heterocycles. The Bertz CT molecular complexity index is 437. The first kappa shape index (κ1) is 18.5. The Hall–Kier alpha value is -1.59. The molecule has 0 heterocycles. The smallest absolute Gasteiger partial charge is 0.317 e. The summed E-state index contributed by atoms with van der Waals surface area (Å²) >= 11 is 0. The first-order chi connectivity index (χ1) is 10.4. The van der Waals surface area contributed by atoms with E-state index in [0.717, 1.165) is 5.56 Å². The van der Waals surface area contributed by atoms with E-state index in [1.54, 1.807) is 4.90 Å². The average molecular weight is 307 g/mol. The Balaban J connectivity index is 2.60. The first-order valence-electron chi connectivity index (χ1n) is 7.94. The van der Waals surface area contributed by atoms with Gasteiger partial charge in [-0.25, -0.2) is 4.79 Å². The Labute approximate surface area is 133 Å². The van der Waals surface area contributed by atoms with Crippen LogP contribution in [0.15, 0.2) is 30.3 Å². The van der Waals surface area contributed by atoms with Crippen molar-refractivity contribution in [1.82, 2.24) is 10.2 Å². The van der Waals surface area contributed by atoms with Crippen molar-refractivity contribution in [1.29, 1.82) is 0 Å². The number of aliphatic hydroxyl groups is 1. The number of carbonyl (C=O) groups excluding carboxylic acids is 1. The Morgan fingerprint density at radius 1 is 1.27 bits per heavy atom. The quantitative estimate of drug-likeness (QED) is 0.682. The van der Waals surface area contributed by atoms with Gasteiger partial charge in [-0.2, -0.15) is 0 Å². The standard InChI is InChI=1S/C17H29N3O2/c1-4-19-17(22)20(11-13(2)3)12-16(21)15(18)10-14-8-6-5-7-9-14/h5-9,13,15-16,21H,4,10-12,18H2,1-3H3,(H,19,22)/t15-,16+/m0/s1. The highest BCUT2D eigenvalue weighted by atomic mass is 16.3. The minimum absolute atomic E-state index is 0.151. The summed E-state index contributed by atoms with van der Waals surface area (Å²) in [6.07, 6.45) is -0.158. The van der Waals surface area contributed by atoms with Crippen LogP contribution in [0, 0.1) is 5.92 Å². The number of aliphatic hydroxyl groups excluding tert-OH is 1. The van der Waals surface area contributed by atoms with Gasteiger partial charge in [0, 0.05) is 25.7 Å². The van der Waals surface area contributed by atoms with Crippen molar-refractivity contribution in [2.75, 3.05) is 19.6 Å². The Morgan fingerprint density at radius 3 is 2.45 bits per heavy atom. The van der Waals surface area contributed by atoms with Gasteiger partial charge in [0.2, 0.25) is 0 Å². The van der Waals surface area contributed by atoms with Gasteiger partial charge in [0.05, 0.1) is 6.10 Å². The number of amides is 2. The average Bonchev–Trinajstić information content (AvgIpc) is 2.47. The van der Waals surface area contributed by atoms with Gasteiger partial charge in [0.25, 0.3) is 0 Å². The molecule has 0 unspecified atom stereocenters. The van der Waals surface area contributed by atoms with E-state index >= 15 is 0 Å². The second kappa shape index (κ2) is 9.43. The highest BCUT2D eigenvalue weighted by Gasteiger charge is 2.22. The van der Waals surface area contributed by atoms with Crippen molar-refractivity contribution >= 4 is 6.03 Å². The molecule has 0 bridgehead atoms. The van der Waals surface area contributed by atoms with E-state index in [1.165, 1.54) is 0 Å². The summed E-state index contributed by atoms with van der Waals surface area (Å²) in [5, 5.41) is 13.1. The lowest BCUT2D eigenvalue weighted by atomic mass is 10.0. The summed E-state index contributed by atoms with van der Waals surface area (Å²) in [5.74, 6) is 0.333. The lowest BCUT2D eigenvalue weighted by Gasteiger charge is -2.29. The van der Waals surface area contributed by atoms with E-state index in [2.05, 4.69) is 5.32 Å². The van der Waals surface area contributed by atoms with Crippen LogP contribution in [0.25, 0.3) is 0 Å². The van der Waals surface area contributed by atoms with E-state index in [1.807, 2.05) is 51.1 Å². The van der Waals surface area contributed by atoms with Crippen LogP contribution in [0.2, 0.25) is 0 Å². The zero-order valence-corrected chi connectivity index (χ0v) is 13.8. The number of benzene rings is 1. The lowest BCUT2D eigenvalue weighted by molar-refractivity contribution is 0.0960. The number of nitrogens with one attached hydrogen (secondary N) is 1. The summed E-state index contributed by atoms with van der Waals surface area (Å²) in [5.41, 5.74) is 7.18. The molecule has 0 radical (unpaired) electrons. The van der Waals surface area contributed by atoms with E-state index in [-0.39, 0.29) is 12.6 Å². The van der Waals surface area contributed by atoms with Gasteiger partial charge >= 0.3 is 6.03 Å². The monoisotopic (exact) mass is 307 g/mol. The Morgan fingerprint density at radius 2 is 1.91 bits per heavy atom. The molecule has 0 saturated carbocycles. The van der Waals surface area contributed by atoms with Crippen molar-refractivity contribution in [2.24, 2.45) is 11.7 Å². The van der Waals surface area contributed by atoms with Crippen LogP contribution >= 0.6 is 0 Å². The minimum Gasteiger partial charge on any atom is -0.390 e. The summed E-state index contributed by atoms with van der Waals surface area (Å²) in [7, 11) is 0. The molecule has 0 fully saturated rings. The van der Waals surface area contributed by atoms with Gasteiger partial charge in [-0.1, -0.05) is 44.2 Å². The molecule has 0 spiro atoms. The fourth-order valence-corrected chi connectivity index (χ4v) is 2.33. The number of urea groups is 1. The molecule has 1 aromatic carbocycles. The number of rotatable bonds is 8. The third-order valence-corrected chi connectivity index (χ3v) is 3.42. The maximum absolute atomic E-state index is 12.1. The summed E-state index contributed by atoms with van der Waals surface area (Å²) < 4.78 is 0. The summed E-state index contributed by atoms with van der Waals surface area (Å²) in [4.78, 5) is 13.7. The molecular formula is C17H29N3O2. The number of carbonyl (C=O) groups is 1. The molecule has 1 aromatic rings. The third-order valence-electron chi connectivity index (χ3n) is 3.42. The highest BCUT2D eigenvalue weighted by Crippen LogP contribution is 2.07. The van der Waals surface area contributed by atoms with Gasteiger partial charge in [-0.15, -0.1) is 0 Å². The fourth-order valence-electron chi connectivity index (χ4n) is 2.33. The molecule has 0 aliphatic rings. The minimum atomic E-state index is -0.749. The Kier molecular flexibility index (Phi) is 7.91.